The molecule has 17 heteroatoms. The molecule has 4 aliphatic heterocycles. The minimum absolute atomic E-state index is 0.0876. The summed E-state index contributed by atoms with van der Waals surface area (Å²) in [5, 5.41) is 9.13. The van der Waals surface area contributed by atoms with Crippen molar-refractivity contribution in [3.63, 3.8) is 0 Å². The Balaban J connectivity index is 1.28. The number of amides is 1. The number of benzene rings is 1. The smallest absolute Gasteiger partial charge is 0.434 e. The maximum Gasteiger partial charge on any atom is 0.434 e. The third-order valence-electron chi connectivity index (χ3n) is 9.21. The van der Waals surface area contributed by atoms with Gasteiger partial charge in [-0.25, -0.2) is 4.79 Å². The number of nitrogens with zero attached hydrogens (tertiary/aromatic N) is 4. The number of likely N-dealkylation sites (tertiary alicyclic amines) is 3. The van der Waals surface area contributed by atoms with E-state index in [0.717, 1.165) is 17.0 Å². The van der Waals surface area contributed by atoms with Gasteiger partial charge in [0.1, 0.15) is 0 Å². The molecule has 4 fully saturated rings. The van der Waals surface area contributed by atoms with Gasteiger partial charge in [0.25, 0.3) is 6.10 Å². The van der Waals surface area contributed by atoms with E-state index >= 15 is 0 Å². The predicted octanol–water partition coefficient (Wildman–Crippen LogP) is 5.11. The highest BCUT2D eigenvalue weighted by Gasteiger charge is 2.60. The average Bonchev–Trinajstić information content (AvgIpc) is 3.60. The van der Waals surface area contributed by atoms with Crippen LogP contribution in [0.3, 0.4) is 0 Å². The standard InChI is InChI=1S/C27H31F9N4O4/c28-25(29,30)17-8-16(9-18(10-17)40-14-19-11-20(40)13-38(19)15-21(41)42)12-39-5-1-2-24(39)3-6-37(7-4-24)23(43)44-22(26(31,32)33)27(34,35)36/h8-10,19-20,22H,1-7,11-15H2,(H,41,42). The highest BCUT2D eigenvalue weighted by Crippen LogP contribution is 2.43. The first-order chi connectivity index (χ1) is 20.4. The van der Waals surface area contributed by atoms with Crippen molar-refractivity contribution in [3.05, 3.63) is 29.3 Å². The van der Waals surface area contributed by atoms with Crippen molar-refractivity contribution in [2.45, 2.75) is 80.9 Å². The van der Waals surface area contributed by atoms with Crippen LogP contribution in [0.25, 0.3) is 0 Å². The number of alkyl halides is 9. The lowest BCUT2D eigenvalue weighted by Crippen LogP contribution is -2.54. The number of hydrogen-bond donors (Lipinski definition) is 1. The molecule has 4 saturated heterocycles. The van der Waals surface area contributed by atoms with Crippen LogP contribution in [0.2, 0.25) is 0 Å². The van der Waals surface area contributed by atoms with Gasteiger partial charge in [-0.3, -0.25) is 14.6 Å². The molecule has 1 aromatic rings. The van der Waals surface area contributed by atoms with E-state index in [9.17, 15) is 49.1 Å². The Morgan fingerprint density at radius 2 is 1.57 bits per heavy atom. The van der Waals surface area contributed by atoms with Gasteiger partial charge in [0.15, 0.2) is 0 Å². The molecule has 4 aliphatic rings. The highest BCUT2D eigenvalue weighted by molar-refractivity contribution is 5.69. The number of rotatable bonds is 6. The second-order valence-electron chi connectivity index (χ2n) is 12.0. The Bertz CT molecular complexity index is 1230. The van der Waals surface area contributed by atoms with Crippen LogP contribution in [0.4, 0.5) is 50.0 Å². The van der Waals surface area contributed by atoms with Crippen LogP contribution >= 0.6 is 0 Å². The lowest BCUT2D eigenvalue weighted by atomic mass is 9.84. The summed E-state index contributed by atoms with van der Waals surface area (Å²) < 4.78 is 123. The van der Waals surface area contributed by atoms with E-state index in [2.05, 4.69) is 4.74 Å². The van der Waals surface area contributed by atoms with Crippen LogP contribution in [-0.4, -0.2) is 107 Å². The van der Waals surface area contributed by atoms with Crippen molar-refractivity contribution in [3.8, 4) is 0 Å². The number of anilines is 1. The average molecular weight is 647 g/mol. The summed E-state index contributed by atoms with van der Waals surface area (Å²) >= 11 is 0. The van der Waals surface area contributed by atoms with Crippen LogP contribution in [0.15, 0.2) is 18.2 Å². The summed E-state index contributed by atoms with van der Waals surface area (Å²) in [5.41, 5.74) is -0.652. The second kappa shape index (κ2) is 11.4. The number of ether oxygens (including phenoxy) is 1. The summed E-state index contributed by atoms with van der Waals surface area (Å²) in [6.07, 6.45) is -19.9. The first-order valence-corrected chi connectivity index (χ1v) is 14.1. The van der Waals surface area contributed by atoms with E-state index in [0.29, 0.717) is 50.1 Å². The van der Waals surface area contributed by atoms with E-state index in [1.807, 2.05) is 9.80 Å². The molecule has 4 heterocycles. The zero-order valence-corrected chi connectivity index (χ0v) is 23.3. The molecule has 0 saturated carbocycles. The lowest BCUT2D eigenvalue weighted by molar-refractivity contribution is -0.308. The summed E-state index contributed by atoms with van der Waals surface area (Å²) in [6, 6.07) is 3.62. The number of carbonyl (C=O) groups is 2. The quantitative estimate of drug-likeness (QED) is 0.431. The molecule has 246 valence electrons. The van der Waals surface area contributed by atoms with E-state index in [-0.39, 0.29) is 51.1 Å². The number of piperidine rings is 1. The Morgan fingerprint density at radius 1 is 0.909 bits per heavy atom. The maximum absolute atomic E-state index is 14.0. The van der Waals surface area contributed by atoms with Gasteiger partial charge in [0, 0.05) is 56.0 Å². The van der Waals surface area contributed by atoms with Crippen molar-refractivity contribution >= 4 is 17.7 Å². The topological polar surface area (TPSA) is 76.6 Å². The molecule has 44 heavy (non-hydrogen) atoms. The van der Waals surface area contributed by atoms with Crippen LogP contribution in [0, 0.1) is 0 Å². The second-order valence-corrected chi connectivity index (χ2v) is 12.0. The number of carboxylic acid groups (broad SMARTS) is 1. The summed E-state index contributed by atoms with van der Waals surface area (Å²) in [4.78, 5) is 29.9. The third kappa shape index (κ3) is 6.67. The van der Waals surface area contributed by atoms with Gasteiger partial charge < -0.3 is 19.6 Å². The minimum Gasteiger partial charge on any atom is -0.480 e. The Labute approximate surface area is 246 Å². The first kappa shape index (κ1) is 32.4. The van der Waals surface area contributed by atoms with E-state index in [4.69, 9.17) is 5.11 Å². The molecule has 5 rings (SSSR count). The molecular weight excluding hydrogens is 615 g/mol. The first-order valence-electron chi connectivity index (χ1n) is 14.1. The van der Waals surface area contributed by atoms with Crippen LogP contribution in [0.1, 0.15) is 43.2 Å². The van der Waals surface area contributed by atoms with Crippen molar-refractivity contribution in [1.82, 2.24) is 14.7 Å². The van der Waals surface area contributed by atoms with Gasteiger partial charge in [0.05, 0.1) is 12.1 Å². The molecule has 1 amide bonds. The van der Waals surface area contributed by atoms with Gasteiger partial charge >= 0.3 is 30.6 Å². The number of hydrogen-bond acceptors (Lipinski definition) is 6. The molecule has 1 aromatic carbocycles. The normalized spacial score (nSPS) is 24.6. The number of aliphatic carboxylic acids is 1. The Hall–Kier alpha value is -2.95. The molecule has 1 spiro atoms. The Morgan fingerprint density at radius 3 is 2.11 bits per heavy atom. The summed E-state index contributed by atoms with van der Waals surface area (Å²) in [5.74, 6) is -0.973. The van der Waals surface area contributed by atoms with Crippen molar-refractivity contribution in [2.24, 2.45) is 0 Å². The number of carbonyl (C=O) groups excluding carboxylic acids is 1. The SMILES string of the molecule is O=C(O)CN1CC2CC1CN2c1cc(CN2CCCC23CCN(C(=O)OC(C(F)(F)F)C(F)(F)F)CC3)cc(C(F)(F)F)c1. The van der Waals surface area contributed by atoms with Crippen LogP contribution in [-0.2, 0) is 22.3 Å². The summed E-state index contributed by atoms with van der Waals surface area (Å²) in [7, 11) is 0. The van der Waals surface area contributed by atoms with Gasteiger partial charge in [-0.1, -0.05) is 0 Å². The van der Waals surface area contributed by atoms with Gasteiger partial charge in [-0.15, -0.1) is 0 Å². The highest BCUT2D eigenvalue weighted by atomic mass is 19.4. The van der Waals surface area contributed by atoms with E-state index in [1.54, 1.807) is 11.0 Å². The molecule has 1 N–H and O–H groups in total. The zero-order valence-electron chi connectivity index (χ0n) is 23.3. The molecule has 2 atom stereocenters. The fourth-order valence-electron chi connectivity index (χ4n) is 7.16. The molecule has 2 bridgehead atoms. The number of carboxylic acids is 1. The summed E-state index contributed by atoms with van der Waals surface area (Å²) in [6.45, 7) is 0.966. The van der Waals surface area contributed by atoms with Crippen molar-refractivity contribution < 1.29 is 58.9 Å². The van der Waals surface area contributed by atoms with Crippen LogP contribution in [0.5, 0.6) is 0 Å². The van der Waals surface area contributed by atoms with Crippen molar-refractivity contribution in [2.75, 3.05) is 44.2 Å². The molecule has 2 unspecified atom stereocenters. The van der Waals surface area contributed by atoms with Gasteiger partial charge in [-0.2, -0.15) is 39.5 Å². The molecule has 0 radical (unpaired) electrons. The molecule has 8 nitrogen and oxygen atoms in total. The van der Waals surface area contributed by atoms with Gasteiger partial charge in [0.2, 0.25) is 0 Å². The predicted molar refractivity (Wildman–Crippen MR) is 136 cm³/mol. The monoisotopic (exact) mass is 646 g/mol. The third-order valence-corrected chi connectivity index (χ3v) is 9.21. The number of halogens is 9. The van der Waals surface area contributed by atoms with E-state index < -0.39 is 47.8 Å². The molecular formula is C27H31F9N4O4. The zero-order chi connectivity index (χ0) is 32.2. The largest absolute Gasteiger partial charge is 0.480 e. The minimum atomic E-state index is -5.83. The lowest BCUT2D eigenvalue weighted by Gasteiger charge is -2.45. The van der Waals surface area contributed by atoms with Gasteiger partial charge in [-0.05, 0) is 62.4 Å². The fourth-order valence-corrected chi connectivity index (χ4v) is 7.16. The maximum atomic E-state index is 14.0. The number of fused-ring (bicyclic) bond motifs is 2. The van der Waals surface area contributed by atoms with Crippen molar-refractivity contribution in [1.29, 1.82) is 0 Å². The van der Waals surface area contributed by atoms with Crippen LogP contribution < -0.4 is 4.90 Å². The molecule has 0 aromatic heterocycles. The Kier molecular flexibility index (Phi) is 8.44. The number of piperazine rings is 1. The van der Waals surface area contributed by atoms with E-state index in [1.165, 1.54) is 0 Å². The molecule has 0 aliphatic carbocycles. The fraction of sp³-hybridized carbons (Fsp3) is 0.704.